The van der Waals surface area contributed by atoms with E-state index in [4.69, 9.17) is 10.1 Å². The molecule has 0 aromatic carbocycles. The van der Waals surface area contributed by atoms with Crippen LogP contribution in [0.3, 0.4) is 0 Å². The van der Waals surface area contributed by atoms with E-state index in [0.29, 0.717) is 5.65 Å². The van der Waals surface area contributed by atoms with Crippen LogP contribution in [0.15, 0.2) is 42.7 Å². The summed E-state index contributed by atoms with van der Waals surface area (Å²) in [6.07, 6.45) is 6.81. The first-order valence-corrected chi connectivity index (χ1v) is 9.92. The van der Waals surface area contributed by atoms with Crippen molar-refractivity contribution in [3.05, 3.63) is 59.8 Å². The van der Waals surface area contributed by atoms with E-state index >= 15 is 0 Å². The third-order valence-corrected chi connectivity index (χ3v) is 5.36. The van der Waals surface area contributed by atoms with E-state index < -0.39 is 0 Å². The molecule has 0 unspecified atom stereocenters. The van der Waals surface area contributed by atoms with Crippen LogP contribution in [-0.2, 0) is 17.8 Å². The van der Waals surface area contributed by atoms with Crippen LogP contribution < -0.4 is 5.32 Å². The van der Waals surface area contributed by atoms with Gasteiger partial charge in [0.25, 0.3) is 0 Å². The molecule has 0 saturated heterocycles. The molecule has 1 aliphatic heterocycles. The number of amides is 1. The first-order valence-electron chi connectivity index (χ1n) is 9.92. The zero-order valence-corrected chi connectivity index (χ0v) is 16.8. The van der Waals surface area contributed by atoms with Crippen molar-refractivity contribution in [2.24, 2.45) is 0 Å². The van der Waals surface area contributed by atoms with Gasteiger partial charge >= 0.3 is 0 Å². The van der Waals surface area contributed by atoms with Crippen LogP contribution in [0.4, 0.5) is 0 Å². The smallest absolute Gasteiger partial charge is 0.243 e. The number of pyridine rings is 2. The van der Waals surface area contributed by atoms with Crippen molar-refractivity contribution in [2.45, 2.75) is 26.3 Å². The predicted octanol–water partition coefficient (Wildman–Crippen LogP) is 2.67. The Labute approximate surface area is 173 Å². The molecule has 0 aliphatic carbocycles. The van der Waals surface area contributed by atoms with E-state index in [1.807, 2.05) is 37.3 Å². The van der Waals surface area contributed by atoms with Gasteiger partial charge in [0, 0.05) is 42.2 Å². The van der Waals surface area contributed by atoms with E-state index in [-0.39, 0.29) is 5.91 Å². The van der Waals surface area contributed by atoms with Crippen LogP contribution >= 0.6 is 0 Å². The van der Waals surface area contributed by atoms with Crippen LogP contribution in [0.1, 0.15) is 23.5 Å². The monoisotopic (exact) mass is 399 g/mol. The Bertz CT molecular complexity index is 1300. The Balaban J connectivity index is 1.79. The van der Waals surface area contributed by atoms with Gasteiger partial charge in [-0.2, -0.15) is 10.2 Å². The van der Waals surface area contributed by atoms with E-state index in [0.717, 1.165) is 53.3 Å². The van der Waals surface area contributed by atoms with E-state index in [1.165, 1.54) is 18.1 Å². The van der Waals surface area contributed by atoms with Gasteiger partial charge in [-0.15, -0.1) is 0 Å². The maximum absolute atomic E-state index is 11.9. The Morgan fingerprint density at radius 1 is 1.23 bits per heavy atom. The molecule has 30 heavy (non-hydrogen) atoms. The second kappa shape index (κ2) is 7.22. The number of hydrogen-bond donors (Lipinski definition) is 1. The number of rotatable bonds is 4. The van der Waals surface area contributed by atoms with Gasteiger partial charge in [-0.05, 0) is 50.1 Å². The first kappa shape index (κ1) is 18.2. The molecule has 0 spiro atoms. The van der Waals surface area contributed by atoms with Crippen molar-refractivity contribution in [1.82, 2.24) is 34.7 Å². The molecular weight excluding hydrogens is 378 g/mol. The number of aromatic nitrogens is 6. The molecule has 0 bridgehead atoms. The zero-order chi connectivity index (χ0) is 20.7. The van der Waals surface area contributed by atoms with Crippen LogP contribution in [0, 0.1) is 6.92 Å². The Kier molecular flexibility index (Phi) is 4.39. The summed E-state index contributed by atoms with van der Waals surface area (Å²) in [5.74, 6) is -0.182. The number of nitrogens with zero attached hydrogens (tertiary/aromatic N) is 6. The fourth-order valence-electron chi connectivity index (χ4n) is 3.99. The second-order valence-electron chi connectivity index (χ2n) is 7.27. The molecule has 1 N–H and O–H groups in total. The maximum atomic E-state index is 11.9. The highest BCUT2D eigenvalue weighted by atomic mass is 16.1. The lowest BCUT2D eigenvalue weighted by atomic mass is 9.98. The second-order valence-corrected chi connectivity index (χ2v) is 7.27. The minimum Gasteiger partial charge on any atom is -0.356 e. The first-order chi connectivity index (χ1) is 14.7. The highest BCUT2D eigenvalue weighted by Crippen LogP contribution is 2.39. The van der Waals surface area contributed by atoms with Crippen LogP contribution in [-0.4, -0.2) is 42.3 Å². The largest absolute Gasteiger partial charge is 0.356 e. The highest BCUT2D eigenvalue weighted by molar-refractivity contribution is 5.94. The summed E-state index contributed by atoms with van der Waals surface area (Å²) in [4.78, 5) is 20.9. The number of likely N-dealkylation sites (N-methyl/N-ethyl adjacent to an activating group) is 1. The van der Waals surface area contributed by atoms with Crippen molar-refractivity contribution in [3.8, 4) is 22.5 Å². The summed E-state index contributed by atoms with van der Waals surface area (Å²) < 4.78 is 3.83. The predicted molar refractivity (Wildman–Crippen MR) is 114 cm³/mol. The molecule has 8 heteroatoms. The number of aryl methyl sites for hydroxylation is 2. The molecule has 8 nitrogen and oxygen atoms in total. The average molecular weight is 399 g/mol. The maximum Gasteiger partial charge on any atom is 0.243 e. The van der Waals surface area contributed by atoms with Crippen molar-refractivity contribution in [2.75, 3.05) is 7.05 Å². The third-order valence-electron chi connectivity index (χ3n) is 5.36. The SMILES string of the molecule is CNC(=O)/C=C/c1c(-c2c(-c3cccc(C)n3)nn3c2CCC3)ccc2ncnn12. The zero-order valence-electron chi connectivity index (χ0n) is 16.8. The fraction of sp³-hybridized carbons (Fsp3) is 0.227. The summed E-state index contributed by atoms with van der Waals surface area (Å²) in [5.41, 5.74) is 7.31. The third kappa shape index (κ3) is 2.97. The average Bonchev–Trinajstić information content (AvgIpc) is 3.47. The standard InChI is InChI=1S/C22H21N7O/c1-14-5-3-6-16(26-14)22-21(18-7-4-12-28(18)27-22)15-8-10-19-24-13-25-29(19)17(15)9-11-20(30)23-2/h3,5-6,8-11,13H,4,7,12H2,1-2H3,(H,23,30)/b11-9+. The Hall–Kier alpha value is -3.81. The van der Waals surface area contributed by atoms with Gasteiger partial charge < -0.3 is 5.32 Å². The Morgan fingerprint density at radius 3 is 2.97 bits per heavy atom. The lowest BCUT2D eigenvalue weighted by molar-refractivity contribution is -0.115. The Morgan fingerprint density at radius 2 is 2.13 bits per heavy atom. The summed E-state index contributed by atoms with van der Waals surface area (Å²) >= 11 is 0. The van der Waals surface area contributed by atoms with Crippen molar-refractivity contribution >= 4 is 17.6 Å². The van der Waals surface area contributed by atoms with Gasteiger partial charge in [-0.1, -0.05) is 6.07 Å². The molecule has 5 heterocycles. The van der Waals surface area contributed by atoms with E-state index in [9.17, 15) is 4.79 Å². The number of hydrogen-bond acceptors (Lipinski definition) is 5. The molecule has 4 aromatic heterocycles. The number of carbonyl (C=O) groups is 1. The van der Waals surface area contributed by atoms with Crippen LogP contribution in [0.5, 0.6) is 0 Å². The lowest BCUT2D eigenvalue weighted by Crippen LogP contribution is -2.14. The normalized spacial score (nSPS) is 13.3. The van der Waals surface area contributed by atoms with Gasteiger partial charge in [0.2, 0.25) is 5.91 Å². The molecule has 1 aliphatic rings. The van der Waals surface area contributed by atoms with Gasteiger partial charge in [-0.25, -0.2) is 9.50 Å². The summed E-state index contributed by atoms with van der Waals surface area (Å²) in [6, 6.07) is 9.93. The topological polar surface area (TPSA) is 90.0 Å². The summed E-state index contributed by atoms with van der Waals surface area (Å²) in [6.45, 7) is 2.87. The van der Waals surface area contributed by atoms with Crippen molar-refractivity contribution < 1.29 is 4.79 Å². The minimum absolute atomic E-state index is 0.182. The van der Waals surface area contributed by atoms with E-state index in [2.05, 4.69) is 20.1 Å². The quantitative estimate of drug-likeness (QED) is 0.533. The fourth-order valence-corrected chi connectivity index (χ4v) is 3.99. The van der Waals surface area contributed by atoms with Crippen molar-refractivity contribution in [1.29, 1.82) is 0 Å². The number of fused-ring (bicyclic) bond motifs is 2. The van der Waals surface area contributed by atoms with E-state index in [1.54, 1.807) is 17.6 Å². The molecule has 0 saturated carbocycles. The van der Waals surface area contributed by atoms with Gasteiger partial charge in [0.15, 0.2) is 5.65 Å². The van der Waals surface area contributed by atoms with Crippen LogP contribution in [0.2, 0.25) is 0 Å². The van der Waals surface area contributed by atoms with Gasteiger partial charge in [0.1, 0.15) is 12.0 Å². The minimum atomic E-state index is -0.182. The van der Waals surface area contributed by atoms with Crippen LogP contribution in [0.25, 0.3) is 34.2 Å². The molecule has 0 atom stereocenters. The van der Waals surface area contributed by atoms with Crippen molar-refractivity contribution in [3.63, 3.8) is 0 Å². The molecular formula is C22H21N7O. The lowest BCUT2D eigenvalue weighted by Gasteiger charge is -2.11. The number of carbonyl (C=O) groups excluding carboxylic acids is 1. The number of nitrogens with one attached hydrogen (secondary N) is 1. The van der Waals surface area contributed by atoms with Gasteiger partial charge in [0.05, 0.1) is 11.4 Å². The molecule has 4 aromatic rings. The summed E-state index contributed by atoms with van der Waals surface area (Å²) in [5, 5.41) is 11.9. The summed E-state index contributed by atoms with van der Waals surface area (Å²) in [7, 11) is 1.61. The molecule has 0 radical (unpaired) electrons. The van der Waals surface area contributed by atoms with Gasteiger partial charge in [-0.3, -0.25) is 14.5 Å². The highest BCUT2D eigenvalue weighted by Gasteiger charge is 2.26. The molecule has 5 rings (SSSR count). The molecule has 0 fully saturated rings. The molecule has 1 amide bonds. The molecule has 150 valence electrons.